The average Bonchev–Trinajstić information content (AvgIpc) is 3.36. The number of nitrogens with one attached hydrogen (secondary N) is 2. The van der Waals surface area contributed by atoms with Crippen LogP contribution in [0.3, 0.4) is 0 Å². The van der Waals surface area contributed by atoms with Crippen molar-refractivity contribution in [3.05, 3.63) is 54.4 Å². The average molecular weight is 366 g/mol. The van der Waals surface area contributed by atoms with E-state index in [1.165, 1.54) is 0 Å². The van der Waals surface area contributed by atoms with Crippen LogP contribution >= 0.6 is 11.7 Å². The molecule has 10 heteroatoms. The first-order chi connectivity index (χ1) is 12.8. The number of aromatic nitrogens is 6. The van der Waals surface area contributed by atoms with Gasteiger partial charge >= 0.3 is 0 Å². The van der Waals surface area contributed by atoms with Gasteiger partial charge in [-0.2, -0.15) is 13.8 Å². The largest absolute Gasteiger partial charge is 0.367 e. The lowest BCUT2D eigenvalue weighted by molar-refractivity contribution is 0.0955. The van der Waals surface area contributed by atoms with Gasteiger partial charge in [0.05, 0.1) is 11.7 Å². The number of carbonyl (C=O) groups is 1. The van der Waals surface area contributed by atoms with E-state index < -0.39 is 0 Å². The molecule has 26 heavy (non-hydrogen) atoms. The van der Waals surface area contributed by atoms with Gasteiger partial charge in [-0.15, -0.1) is 10.2 Å². The zero-order valence-corrected chi connectivity index (χ0v) is 14.3. The van der Waals surface area contributed by atoms with Gasteiger partial charge < -0.3 is 10.6 Å². The summed E-state index contributed by atoms with van der Waals surface area (Å²) >= 11 is 1.13. The number of nitrogens with zero attached hydrogens (tertiary/aromatic N) is 6. The van der Waals surface area contributed by atoms with E-state index in [2.05, 4.69) is 34.7 Å². The highest BCUT2D eigenvalue weighted by molar-refractivity contribution is 7.00. The minimum atomic E-state index is -0.151. The second kappa shape index (κ2) is 7.23. The highest BCUT2D eigenvalue weighted by Gasteiger charge is 2.07. The Morgan fingerprint density at radius 3 is 2.81 bits per heavy atom. The van der Waals surface area contributed by atoms with Gasteiger partial charge in [-0.05, 0) is 36.4 Å². The quantitative estimate of drug-likeness (QED) is 0.498. The van der Waals surface area contributed by atoms with Crippen LogP contribution in [0.2, 0.25) is 0 Å². The molecule has 0 saturated heterocycles. The fourth-order valence-electron chi connectivity index (χ4n) is 2.34. The zero-order chi connectivity index (χ0) is 17.8. The van der Waals surface area contributed by atoms with Gasteiger partial charge in [0.25, 0.3) is 5.91 Å². The van der Waals surface area contributed by atoms with E-state index in [1.807, 2.05) is 18.2 Å². The number of carbonyl (C=O) groups excluding carboxylic acids is 1. The van der Waals surface area contributed by atoms with Crippen LogP contribution in [0.15, 0.2) is 48.8 Å². The first kappa shape index (κ1) is 16.1. The van der Waals surface area contributed by atoms with Gasteiger partial charge in [-0.3, -0.25) is 4.79 Å². The molecule has 0 atom stereocenters. The normalized spacial score (nSPS) is 10.8. The maximum atomic E-state index is 12.2. The summed E-state index contributed by atoms with van der Waals surface area (Å²) < 4.78 is 9.89. The summed E-state index contributed by atoms with van der Waals surface area (Å²) in [7, 11) is 0. The Bertz CT molecular complexity index is 1010. The molecule has 3 heterocycles. The number of fused-ring (bicyclic) bond motifs is 1. The third-order valence-electron chi connectivity index (χ3n) is 3.62. The Hall–Kier alpha value is -3.40. The molecule has 1 aromatic carbocycles. The molecule has 130 valence electrons. The second-order valence-corrected chi connectivity index (χ2v) is 5.91. The lowest BCUT2D eigenvalue weighted by Crippen LogP contribution is -2.28. The molecular formula is C16H14N8OS. The molecule has 3 aromatic heterocycles. The number of amides is 1. The zero-order valence-electron chi connectivity index (χ0n) is 13.5. The molecule has 4 aromatic rings. The third-order valence-corrected chi connectivity index (χ3v) is 4.18. The maximum Gasteiger partial charge on any atom is 0.251 e. The molecular weight excluding hydrogens is 352 g/mol. The van der Waals surface area contributed by atoms with Crippen molar-refractivity contribution in [3.63, 3.8) is 0 Å². The van der Waals surface area contributed by atoms with Crippen molar-refractivity contribution < 1.29 is 4.79 Å². The van der Waals surface area contributed by atoms with Gasteiger partial charge in [0, 0.05) is 31.0 Å². The van der Waals surface area contributed by atoms with Crippen molar-refractivity contribution in [1.82, 2.24) is 34.0 Å². The summed E-state index contributed by atoms with van der Waals surface area (Å²) in [4.78, 5) is 12.2. The minimum absolute atomic E-state index is 0.151. The first-order valence-electron chi connectivity index (χ1n) is 7.88. The molecule has 2 N–H and O–H groups in total. The van der Waals surface area contributed by atoms with Crippen LogP contribution in [0.1, 0.15) is 10.4 Å². The van der Waals surface area contributed by atoms with Crippen LogP contribution < -0.4 is 10.6 Å². The van der Waals surface area contributed by atoms with Gasteiger partial charge in [0.2, 0.25) is 0 Å². The summed E-state index contributed by atoms with van der Waals surface area (Å²) in [5, 5.41) is 18.2. The predicted octanol–water partition coefficient (Wildman–Crippen LogP) is 1.51. The SMILES string of the molecule is O=C(NCCNc1ccc(-n2cccn2)nn1)c1ccc2nsnc2c1. The van der Waals surface area contributed by atoms with Crippen LogP contribution in [-0.4, -0.2) is 47.7 Å². The van der Waals surface area contributed by atoms with Crippen molar-refractivity contribution in [1.29, 1.82) is 0 Å². The number of benzene rings is 1. The summed E-state index contributed by atoms with van der Waals surface area (Å²) in [6.45, 7) is 0.983. The van der Waals surface area contributed by atoms with E-state index >= 15 is 0 Å². The highest BCUT2D eigenvalue weighted by atomic mass is 32.1. The Balaban J connectivity index is 1.27. The standard InChI is InChI=1S/C16H14N8OS/c25-16(11-2-3-12-13(10-11)23-26-22-12)18-8-7-17-14-4-5-15(21-20-14)24-9-1-6-19-24/h1-6,9-10H,7-8H2,(H,17,20)(H,18,25). The number of hydrogen-bond acceptors (Lipinski definition) is 8. The molecule has 1 amide bonds. The fraction of sp³-hybridized carbons (Fsp3) is 0.125. The van der Waals surface area contributed by atoms with Gasteiger partial charge in [-0.25, -0.2) is 4.68 Å². The van der Waals surface area contributed by atoms with Crippen molar-refractivity contribution in [2.45, 2.75) is 0 Å². The Kier molecular flexibility index (Phi) is 4.48. The molecule has 0 aliphatic rings. The summed E-state index contributed by atoms with van der Waals surface area (Å²) in [6.07, 6.45) is 3.48. The molecule has 4 rings (SSSR count). The lowest BCUT2D eigenvalue weighted by atomic mass is 10.2. The monoisotopic (exact) mass is 366 g/mol. The molecule has 0 spiro atoms. The van der Waals surface area contributed by atoms with E-state index in [0.717, 1.165) is 22.8 Å². The fourth-order valence-corrected chi connectivity index (χ4v) is 2.86. The van der Waals surface area contributed by atoms with E-state index in [0.29, 0.717) is 30.3 Å². The first-order valence-corrected chi connectivity index (χ1v) is 8.61. The van der Waals surface area contributed by atoms with E-state index in [1.54, 1.807) is 35.3 Å². The third kappa shape index (κ3) is 3.49. The van der Waals surface area contributed by atoms with Gasteiger partial charge in [0.15, 0.2) is 5.82 Å². The molecule has 0 saturated carbocycles. The van der Waals surface area contributed by atoms with Crippen molar-refractivity contribution in [2.75, 3.05) is 18.4 Å². The molecule has 0 fully saturated rings. The minimum Gasteiger partial charge on any atom is -0.367 e. The van der Waals surface area contributed by atoms with Crippen LogP contribution in [0.25, 0.3) is 16.9 Å². The summed E-state index contributed by atoms with van der Waals surface area (Å²) in [5.41, 5.74) is 2.09. The van der Waals surface area contributed by atoms with Gasteiger partial charge in [0.1, 0.15) is 16.9 Å². The van der Waals surface area contributed by atoms with Crippen LogP contribution in [0.4, 0.5) is 5.82 Å². The van der Waals surface area contributed by atoms with Crippen LogP contribution in [0.5, 0.6) is 0 Å². The molecule has 0 unspecified atom stereocenters. The second-order valence-electron chi connectivity index (χ2n) is 5.38. The molecule has 0 radical (unpaired) electrons. The number of anilines is 1. The van der Waals surface area contributed by atoms with Crippen LogP contribution in [0, 0.1) is 0 Å². The topological polar surface area (TPSA) is 111 Å². The van der Waals surface area contributed by atoms with E-state index in [4.69, 9.17) is 0 Å². The van der Waals surface area contributed by atoms with Crippen molar-refractivity contribution in [2.24, 2.45) is 0 Å². The maximum absolute atomic E-state index is 12.2. The Morgan fingerprint density at radius 2 is 2.00 bits per heavy atom. The summed E-state index contributed by atoms with van der Waals surface area (Å²) in [6, 6.07) is 10.7. The molecule has 0 bridgehead atoms. The van der Waals surface area contributed by atoms with E-state index in [-0.39, 0.29) is 5.91 Å². The van der Waals surface area contributed by atoms with Gasteiger partial charge in [-0.1, -0.05) is 0 Å². The molecule has 0 aliphatic carbocycles. The van der Waals surface area contributed by atoms with Crippen molar-refractivity contribution >= 4 is 34.5 Å². The summed E-state index contributed by atoms with van der Waals surface area (Å²) in [5.74, 6) is 1.12. The molecule has 9 nitrogen and oxygen atoms in total. The highest BCUT2D eigenvalue weighted by Crippen LogP contribution is 2.13. The smallest absolute Gasteiger partial charge is 0.251 e. The number of rotatable bonds is 6. The Labute approximate surface area is 152 Å². The molecule has 0 aliphatic heterocycles. The number of hydrogen-bond donors (Lipinski definition) is 2. The predicted molar refractivity (Wildman–Crippen MR) is 97.4 cm³/mol. The van der Waals surface area contributed by atoms with E-state index in [9.17, 15) is 4.79 Å². The Morgan fingerprint density at radius 1 is 1.08 bits per heavy atom. The van der Waals surface area contributed by atoms with Crippen molar-refractivity contribution in [3.8, 4) is 5.82 Å². The lowest BCUT2D eigenvalue weighted by Gasteiger charge is -2.07. The van der Waals surface area contributed by atoms with Crippen LogP contribution in [-0.2, 0) is 0 Å².